The molecule has 0 aromatic rings. The molecule has 0 aliphatic rings. The normalized spacial score (nSPS) is 10.3. The van der Waals surface area contributed by atoms with Crippen LogP contribution in [0.1, 0.15) is 19.3 Å². The van der Waals surface area contributed by atoms with Crippen molar-refractivity contribution < 1.29 is 8.42 Å². The lowest BCUT2D eigenvalue weighted by atomic mass is 10.2. The van der Waals surface area contributed by atoms with Crippen LogP contribution < -0.4 is 4.72 Å². The third kappa shape index (κ3) is 7.26. The molecule has 6 heteroatoms. The van der Waals surface area contributed by atoms with Gasteiger partial charge in [-0.1, -0.05) is 0 Å². The van der Waals surface area contributed by atoms with Crippen LogP contribution in [0.25, 0.3) is 0 Å². The average molecular weight is 201 g/mol. The zero-order valence-corrected chi connectivity index (χ0v) is 7.97. The van der Waals surface area contributed by atoms with Crippen LogP contribution in [0.15, 0.2) is 0 Å². The maximum absolute atomic E-state index is 10.9. The fourth-order valence-corrected chi connectivity index (χ4v) is 1.42. The number of sulfonamides is 1. The summed E-state index contributed by atoms with van der Waals surface area (Å²) in [7, 11) is -3.41. The summed E-state index contributed by atoms with van der Waals surface area (Å²) < 4.78 is 24.0. The third-order valence-electron chi connectivity index (χ3n) is 1.29. The van der Waals surface area contributed by atoms with Gasteiger partial charge in [0, 0.05) is 13.0 Å². The van der Waals surface area contributed by atoms with Crippen molar-refractivity contribution in [3.8, 4) is 12.1 Å². The maximum atomic E-state index is 10.9. The Bertz CT molecular complexity index is 310. The first-order valence-corrected chi connectivity index (χ1v) is 5.49. The van der Waals surface area contributed by atoms with Crippen molar-refractivity contribution in [2.75, 3.05) is 12.3 Å². The molecule has 0 rings (SSSR count). The molecule has 5 nitrogen and oxygen atoms in total. The molecule has 0 aromatic carbocycles. The number of nitrogens with zero attached hydrogens (tertiary/aromatic N) is 2. The molecular weight excluding hydrogens is 190 g/mol. The molecule has 0 fully saturated rings. The summed E-state index contributed by atoms with van der Waals surface area (Å²) in [4.78, 5) is 0. The number of hydrogen-bond donors (Lipinski definition) is 1. The second-order valence-corrected chi connectivity index (χ2v) is 4.23. The quantitative estimate of drug-likeness (QED) is 0.618. The molecule has 0 amide bonds. The van der Waals surface area contributed by atoms with Crippen molar-refractivity contribution in [1.29, 1.82) is 10.5 Å². The van der Waals surface area contributed by atoms with Crippen LogP contribution >= 0.6 is 0 Å². The van der Waals surface area contributed by atoms with Gasteiger partial charge in [-0.2, -0.15) is 10.5 Å². The van der Waals surface area contributed by atoms with Gasteiger partial charge in [-0.05, 0) is 12.8 Å². The molecule has 1 N–H and O–H groups in total. The van der Waals surface area contributed by atoms with E-state index in [0.717, 1.165) is 0 Å². The summed E-state index contributed by atoms with van der Waals surface area (Å²) in [6.45, 7) is 0.297. The van der Waals surface area contributed by atoms with E-state index in [1.165, 1.54) is 0 Å². The second kappa shape index (κ2) is 6.41. The van der Waals surface area contributed by atoms with E-state index in [9.17, 15) is 8.42 Å². The van der Waals surface area contributed by atoms with Crippen LogP contribution in [0.4, 0.5) is 0 Å². The van der Waals surface area contributed by atoms with Gasteiger partial charge in [0.05, 0.1) is 12.1 Å². The fraction of sp³-hybridized carbons (Fsp3) is 0.714. The minimum atomic E-state index is -3.41. The Labute approximate surface area is 78.0 Å². The first-order valence-electron chi connectivity index (χ1n) is 3.83. The van der Waals surface area contributed by atoms with E-state index in [2.05, 4.69) is 4.72 Å². The minimum absolute atomic E-state index is 0.297. The van der Waals surface area contributed by atoms with Crippen molar-refractivity contribution >= 4 is 10.0 Å². The topological polar surface area (TPSA) is 93.8 Å². The largest absolute Gasteiger partial charge is 0.225 e. The lowest BCUT2D eigenvalue weighted by molar-refractivity contribution is 0.580. The van der Waals surface area contributed by atoms with Gasteiger partial charge < -0.3 is 0 Å². The predicted octanol–water partition coefficient (Wildman–Crippen LogP) is 0.123. The van der Waals surface area contributed by atoms with Crippen LogP contribution in [0.3, 0.4) is 0 Å². The molecule has 0 heterocycles. The van der Waals surface area contributed by atoms with Crippen molar-refractivity contribution in [2.45, 2.75) is 19.3 Å². The summed E-state index contributed by atoms with van der Waals surface area (Å²) in [5.74, 6) is -0.509. The molecule has 72 valence electrons. The highest BCUT2D eigenvalue weighted by Crippen LogP contribution is 1.92. The summed E-state index contributed by atoms with van der Waals surface area (Å²) in [6.07, 6.45) is 1.73. The zero-order valence-electron chi connectivity index (χ0n) is 7.15. The zero-order chi connectivity index (χ0) is 10.2. The predicted molar refractivity (Wildman–Crippen MR) is 46.9 cm³/mol. The molecule has 0 atom stereocenters. The molecule has 13 heavy (non-hydrogen) atoms. The van der Waals surface area contributed by atoms with Gasteiger partial charge in [0.2, 0.25) is 10.0 Å². The van der Waals surface area contributed by atoms with Crippen LogP contribution in [0.2, 0.25) is 0 Å². The minimum Gasteiger partial charge on any atom is -0.214 e. The van der Waals surface area contributed by atoms with Crippen molar-refractivity contribution in [1.82, 2.24) is 4.72 Å². The van der Waals surface area contributed by atoms with E-state index in [-0.39, 0.29) is 0 Å². The summed E-state index contributed by atoms with van der Waals surface area (Å²) in [5, 5.41) is 16.3. The molecule has 0 aliphatic heterocycles. The monoisotopic (exact) mass is 201 g/mol. The Balaban J connectivity index is 3.55. The van der Waals surface area contributed by atoms with Crippen LogP contribution in [-0.2, 0) is 10.0 Å². The summed E-state index contributed by atoms with van der Waals surface area (Å²) >= 11 is 0. The van der Waals surface area contributed by atoms with E-state index in [0.29, 0.717) is 25.8 Å². The molecular formula is C7H11N3O2S. The molecule has 0 bridgehead atoms. The van der Waals surface area contributed by atoms with Gasteiger partial charge in [-0.25, -0.2) is 13.1 Å². The van der Waals surface area contributed by atoms with Gasteiger partial charge in [0.15, 0.2) is 5.75 Å². The lowest BCUT2D eigenvalue weighted by Gasteiger charge is -2.00. The smallest absolute Gasteiger partial charge is 0.214 e. The van der Waals surface area contributed by atoms with Crippen molar-refractivity contribution in [3.63, 3.8) is 0 Å². The Kier molecular flexibility index (Phi) is 5.86. The highest BCUT2D eigenvalue weighted by Gasteiger charge is 2.06. The van der Waals surface area contributed by atoms with E-state index >= 15 is 0 Å². The van der Waals surface area contributed by atoms with E-state index in [1.54, 1.807) is 6.07 Å². The molecule has 0 saturated carbocycles. The third-order valence-corrected chi connectivity index (χ3v) is 2.44. The summed E-state index contributed by atoms with van der Waals surface area (Å²) in [6, 6.07) is 3.52. The average Bonchev–Trinajstić information content (AvgIpc) is 2.04. The van der Waals surface area contributed by atoms with E-state index in [4.69, 9.17) is 10.5 Å². The maximum Gasteiger partial charge on any atom is 0.225 e. The first kappa shape index (κ1) is 11.9. The van der Waals surface area contributed by atoms with E-state index < -0.39 is 15.8 Å². The molecule has 0 radical (unpaired) electrons. The van der Waals surface area contributed by atoms with Gasteiger partial charge >= 0.3 is 0 Å². The Morgan fingerprint density at radius 2 is 1.85 bits per heavy atom. The van der Waals surface area contributed by atoms with Crippen molar-refractivity contribution in [2.24, 2.45) is 0 Å². The number of nitrogens with one attached hydrogen (secondary N) is 1. The number of nitriles is 2. The molecule has 0 aliphatic carbocycles. The molecule has 0 spiro atoms. The molecule has 0 unspecified atom stereocenters. The van der Waals surface area contributed by atoms with Crippen LogP contribution in [-0.4, -0.2) is 20.7 Å². The number of rotatable bonds is 6. The highest BCUT2D eigenvalue weighted by atomic mass is 32.2. The molecule has 0 aromatic heterocycles. The first-order chi connectivity index (χ1) is 6.12. The highest BCUT2D eigenvalue weighted by molar-refractivity contribution is 7.89. The van der Waals surface area contributed by atoms with Gasteiger partial charge in [0.1, 0.15) is 0 Å². The Morgan fingerprint density at radius 1 is 1.15 bits per heavy atom. The summed E-state index contributed by atoms with van der Waals surface area (Å²) in [5.41, 5.74) is 0. The fourth-order valence-electron chi connectivity index (χ4n) is 0.693. The van der Waals surface area contributed by atoms with Crippen LogP contribution in [0, 0.1) is 22.7 Å². The number of unbranched alkanes of at least 4 members (excludes halogenated alkanes) is 2. The lowest BCUT2D eigenvalue weighted by Crippen LogP contribution is -2.26. The van der Waals surface area contributed by atoms with Gasteiger partial charge in [-0.3, -0.25) is 0 Å². The standard InChI is InChI=1S/C7H11N3O2S/c8-4-2-1-3-6-10-13(11,12)7-5-9/h10H,1-3,6-7H2. The van der Waals surface area contributed by atoms with E-state index in [1.807, 2.05) is 6.07 Å². The van der Waals surface area contributed by atoms with Gasteiger partial charge in [-0.15, -0.1) is 0 Å². The van der Waals surface area contributed by atoms with Crippen molar-refractivity contribution in [3.05, 3.63) is 0 Å². The Hall–Kier alpha value is -1.11. The van der Waals surface area contributed by atoms with Gasteiger partial charge in [0.25, 0.3) is 0 Å². The SMILES string of the molecule is N#CCCCCNS(=O)(=O)CC#N. The number of hydrogen-bond acceptors (Lipinski definition) is 4. The second-order valence-electron chi connectivity index (χ2n) is 2.43. The Morgan fingerprint density at radius 3 is 2.38 bits per heavy atom. The molecule has 0 saturated heterocycles. The van der Waals surface area contributed by atoms with Crippen LogP contribution in [0.5, 0.6) is 0 Å².